The van der Waals surface area contributed by atoms with Crippen molar-refractivity contribution in [1.82, 2.24) is 4.90 Å². The second-order valence-electron chi connectivity index (χ2n) is 5.63. The van der Waals surface area contributed by atoms with E-state index < -0.39 is 19.8 Å². The zero-order valence-corrected chi connectivity index (χ0v) is 19.8. The molecule has 3 rings (SSSR count). The Balaban J connectivity index is 0.000000326. The number of rotatable bonds is 3. The Hall–Kier alpha value is -1.13. The topological polar surface area (TPSA) is 3.24 Å². The molecule has 2 radical (unpaired) electrons. The molecule has 126 valence electrons. The number of hydrogen-bond acceptors (Lipinski definition) is 1. The van der Waals surface area contributed by atoms with Gasteiger partial charge in [-0.05, 0) is 0 Å². The van der Waals surface area contributed by atoms with Crippen LogP contribution in [0.1, 0.15) is 0 Å². The first-order chi connectivity index (χ1) is 12.1. The van der Waals surface area contributed by atoms with Crippen molar-refractivity contribution >= 4 is 62.6 Å². The monoisotopic (exact) mass is 519 g/mol. The summed E-state index contributed by atoms with van der Waals surface area (Å²) in [6.45, 7) is 0. The van der Waals surface area contributed by atoms with Gasteiger partial charge < -0.3 is 0 Å². The van der Waals surface area contributed by atoms with Gasteiger partial charge in [-0.15, -0.1) is 0 Å². The number of benzene rings is 3. The summed E-state index contributed by atoms with van der Waals surface area (Å²) in [6.07, 6.45) is 0. The van der Waals surface area contributed by atoms with E-state index in [2.05, 4.69) is 119 Å². The molecule has 0 aliphatic heterocycles. The Bertz CT molecular complexity index is 670. The minimum atomic E-state index is -1.98. The van der Waals surface area contributed by atoms with E-state index in [-0.39, 0.29) is 0 Å². The predicted molar refractivity (Wildman–Crippen MR) is 116 cm³/mol. The van der Waals surface area contributed by atoms with Gasteiger partial charge in [0.2, 0.25) is 0 Å². The van der Waals surface area contributed by atoms with Crippen molar-refractivity contribution in [2.75, 3.05) is 14.1 Å². The molecular formula is C21H21NSSeSn. The summed E-state index contributed by atoms with van der Waals surface area (Å²) < 4.78 is 5.39. The SMILES string of the molecule is CN(C)C(=S)[Se].c1cc[c]([Sn]([c]2ccccc2)[c]2ccccc2)cc1. The van der Waals surface area contributed by atoms with E-state index >= 15 is 0 Å². The van der Waals surface area contributed by atoms with Crippen molar-refractivity contribution in [3.05, 3.63) is 91.0 Å². The van der Waals surface area contributed by atoms with E-state index in [1.807, 2.05) is 19.0 Å². The van der Waals surface area contributed by atoms with Crippen LogP contribution in [-0.2, 0) is 0 Å². The quantitative estimate of drug-likeness (QED) is 0.388. The van der Waals surface area contributed by atoms with Gasteiger partial charge in [0.15, 0.2) is 0 Å². The molecular weight excluding hydrogens is 496 g/mol. The van der Waals surface area contributed by atoms with Crippen LogP contribution in [0.3, 0.4) is 0 Å². The molecule has 3 aromatic rings. The van der Waals surface area contributed by atoms with Gasteiger partial charge in [0.05, 0.1) is 0 Å². The average molecular weight is 517 g/mol. The molecule has 0 fully saturated rings. The minimum absolute atomic E-state index is 0.801. The summed E-state index contributed by atoms with van der Waals surface area (Å²) in [5, 5.41) is 0. The maximum absolute atomic E-state index is 4.69. The predicted octanol–water partition coefficient (Wildman–Crippen LogP) is 2.20. The van der Waals surface area contributed by atoms with Crippen LogP contribution >= 0.6 is 12.2 Å². The molecule has 0 atom stereocenters. The van der Waals surface area contributed by atoms with Gasteiger partial charge in [0, 0.05) is 0 Å². The van der Waals surface area contributed by atoms with E-state index in [0.717, 1.165) is 3.89 Å². The summed E-state index contributed by atoms with van der Waals surface area (Å²) in [7, 11) is 3.80. The normalized spacial score (nSPS) is 9.88. The van der Waals surface area contributed by atoms with Crippen LogP contribution in [0.4, 0.5) is 0 Å². The third-order valence-electron chi connectivity index (χ3n) is 3.55. The van der Waals surface area contributed by atoms with Crippen molar-refractivity contribution in [3.8, 4) is 0 Å². The van der Waals surface area contributed by atoms with Gasteiger partial charge in [0.25, 0.3) is 0 Å². The molecule has 1 nitrogen and oxygen atoms in total. The van der Waals surface area contributed by atoms with Gasteiger partial charge in [0.1, 0.15) is 0 Å². The van der Waals surface area contributed by atoms with Crippen LogP contribution in [-0.4, -0.2) is 58.7 Å². The molecule has 0 unspecified atom stereocenters. The van der Waals surface area contributed by atoms with Gasteiger partial charge in [-0.1, -0.05) is 0 Å². The summed E-state index contributed by atoms with van der Waals surface area (Å²) in [6, 6.07) is 32.9. The number of thiocarbonyl (C=S) groups is 1. The molecule has 0 aliphatic rings. The molecule has 0 spiro atoms. The number of nitrogens with zero attached hydrogens (tertiary/aromatic N) is 1. The molecule has 0 aliphatic carbocycles. The summed E-state index contributed by atoms with van der Waals surface area (Å²) >= 11 is 5.40. The van der Waals surface area contributed by atoms with Crippen LogP contribution in [0.25, 0.3) is 0 Å². The summed E-state index contributed by atoms with van der Waals surface area (Å²) in [5.41, 5.74) is 0. The van der Waals surface area contributed by atoms with Gasteiger partial charge in [-0.3, -0.25) is 0 Å². The maximum atomic E-state index is 4.69. The van der Waals surface area contributed by atoms with Crippen LogP contribution in [0.5, 0.6) is 0 Å². The average Bonchev–Trinajstić information content (AvgIpc) is 2.65. The molecule has 4 heteroatoms. The fourth-order valence-corrected chi connectivity index (χ4v) is 9.67. The number of hydrogen-bond donors (Lipinski definition) is 0. The first kappa shape index (κ1) is 20.2. The van der Waals surface area contributed by atoms with Crippen molar-refractivity contribution < 1.29 is 0 Å². The molecule has 0 saturated heterocycles. The van der Waals surface area contributed by atoms with Crippen molar-refractivity contribution in [1.29, 1.82) is 0 Å². The van der Waals surface area contributed by atoms with Crippen LogP contribution in [0, 0.1) is 0 Å². The Kier molecular flexibility index (Phi) is 8.69. The van der Waals surface area contributed by atoms with Crippen LogP contribution < -0.4 is 10.7 Å². The van der Waals surface area contributed by atoms with Crippen LogP contribution in [0.2, 0.25) is 0 Å². The van der Waals surface area contributed by atoms with E-state index in [0.29, 0.717) is 0 Å². The third-order valence-corrected chi connectivity index (χ3v) is 12.5. The van der Waals surface area contributed by atoms with Crippen molar-refractivity contribution in [2.45, 2.75) is 0 Å². The Morgan fingerprint density at radius 1 is 0.680 bits per heavy atom. The van der Waals surface area contributed by atoms with E-state index in [1.165, 1.54) is 10.7 Å². The fraction of sp³-hybridized carbons (Fsp3) is 0.0952. The molecule has 0 amide bonds. The molecule has 0 heterocycles. The Labute approximate surface area is 171 Å². The Morgan fingerprint density at radius 3 is 1.12 bits per heavy atom. The van der Waals surface area contributed by atoms with Gasteiger partial charge >= 0.3 is 173 Å². The molecule has 0 N–H and O–H groups in total. The molecule has 0 bridgehead atoms. The van der Waals surface area contributed by atoms with E-state index in [4.69, 9.17) is 0 Å². The van der Waals surface area contributed by atoms with Crippen molar-refractivity contribution in [2.24, 2.45) is 0 Å². The molecule has 3 aromatic carbocycles. The zero-order valence-electron chi connectivity index (χ0n) is 14.4. The van der Waals surface area contributed by atoms with Crippen molar-refractivity contribution in [3.63, 3.8) is 0 Å². The molecule has 25 heavy (non-hydrogen) atoms. The van der Waals surface area contributed by atoms with Crippen LogP contribution in [0.15, 0.2) is 91.0 Å². The van der Waals surface area contributed by atoms with Gasteiger partial charge in [-0.2, -0.15) is 0 Å². The zero-order chi connectivity index (χ0) is 18.1. The van der Waals surface area contributed by atoms with Gasteiger partial charge in [-0.25, -0.2) is 0 Å². The van der Waals surface area contributed by atoms with E-state index in [1.54, 1.807) is 0 Å². The summed E-state index contributed by atoms with van der Waals surface area (Å²) in [5.74, 6) is 0. The second kappa shape index (κ2) is 10.8. The standard InChI is InChI=1S/3C6H5.C3H6NSSe.Sn/c3*1-2-4-6-5-3-1;1-4(2)3(5)6;/h3*1-5H;1-2H3;. The third kappa shape index (κ3) is 6.59. The Morgan fingerprint density at radius 2 is 0.920 bits per heavy atom. The molecule has 0 saturated carbocycles. The van der Waals surface area contributed by atoms with E-state index in [9.17, 15) is 0 Å². The first-order valence-corrected chi connectivity index (χ1v) is 13.6. The fourth-order valence-electron chi connectivity index (χ4n) is 2.31. The molecule has 0 aromatic heterocycles. The summed E-state index contributed by atoms with van der Waals surface area (Å²) in [4.78, 5) is 1.84. The second-order valence-corrected chi connectivity index (χ2v) is 14.5. The first-order valence-electron chi connectivity index (χ1n) is 8.01.